The molecule has 0 aliphatic carbocycles. The molecular formula is C65H60F6N9O8+. The van der Waals surface area contributed by atoms with Crippen molar-refractivity contribution >= 4 is 47.2 Å². The molecule has 2 heterocycles. The van der Waals surface area contributed by atoms with E-state index >= 15 is 0 Å². The van der Waals surface area contributed by atoms with Crippen LogP contribution in [0.3, 0.4) is 0 Å². The minimum atomic E-state index is -4.75. The summed E-state index contributed by atoms with van der Waals surface area (Å²) in [6.45, 7) is 6.55. The van der Waals surface area contributed by atoms with Crippen LogP contribution in [0.4, 0.5) is 42.5 Å². The number of amides is 4. The van der Waals surface area contributed by atoms with Gasteiger partial charge in [0.05, 0.1) is 64.9 Å². The highest BCUT2D eigenvalue weighted by molar-refractivity contribution is 6.04. The average Bonchev–Trinajstić information content (AvgIpc) is 0.795. The normalized spacial score (nSPS) is 15.5. The number of carbonyl (C=O) groups is 5. The van der Waals surface area contributed by atoms with E-state index in [0.29, 0.717) is 46.5 Å². The second-order valence-corrected chi connectivity index (χ2v) is 20.5. The molecule has 0 spiro atoms. The van der Waals surface area contributed by atoms with E-state index in [1.54, 1.807) is 93.7 Å². The molecule has 0 aromatic heterocycles. The number of benzene rings is 6. The number of hydrogen-bond donors (Lipinski definition) is 3. The fraction of sp³-hybridized carbons (Fsp3) is 0.262. The van der Waals surface area contributed by atoms with Crippen LogP contribution in [0.5, 0.6) is 0 Å². The number of nitrogens with one attached hydrogen (secondary N) is 2. The lowest BCUT2D eigenvalue weighted by molar-refractivity contribution is -0.587. The summed E-state index contributed by atoms with van der Waals surface area (Å²) in [4.78, 5) is 75.3. The Labute approximate surface area is 503 Å². The Morgan fingerprint density at radius 1 is 0.625 bits per heavy atom. The Kier molecular flexibility index (Phi) is 19.9. The van der Waals surface area contributed by atoms with Gasteiger partial charge in [-0.25, -0.2) is 19.0 Å². The highest BCUT2D eigenvalue weighted by Crippen LogP contribution is 2.43. The first kappa shape index (κ1) is 63.8. The first-order valence-corrected chi connectivity index (χ1v) is 27.7. The van der Waals surface area contributed by atoms with Crippen LogP contribution in [-0.2, 0) is 44.5 Å². The van der Waals surface area contributed by atoms with Crippen molar-refractivity contribution in [3.05, 3.63) is 224 Å². The van der Waals surface area contributed by atoms with E-state index in [0.717, 1.165) is 40.1 Å². The highest BCUT2D eigenvalue weighted by Gasteiger charge is 2.47. The van der Waals surface area contributed by atoms with Gasteiger partial charge in [-0.2, -0.15) is 41.8 Å². The van der Waals surface area contributed by atoms with Crippen molar-refractivity contribution < 1.29 is 69.5 Å². The fourth-order valence-corrected chi connectivity index (χ4v) is 10.5. The van der Waals surface area contributed by atoms with Crippen LogP contribution in [0.15, 0.2) is 168 Å². The molecule has 6 aromatic rings. The summed E-state index contributed by atoms with van der Waals surface area (Å²) in [5.74, 6) is -2.56. The van der Waals surface area contributed by atoms with E-state index in [4.69, 9.17) is 9.47 Å². The van der Waals surface area contributed by atoms with Gasteiger partial charge in [0.25, 0.3) is 11.8 Å². The molecule has 2 aliphatic rings. The lowest BCUT2D eigenvalue weighted by atomic mass is 9.91. The maximum atomic E-state index is 14.8. The number of likely N-dealkylation sites (N-methyl/N-ethyl adjacent to an activating group) is 1. The first-order valence-electron chi connectivity index (χ1n) is 27.7. The second-order valence-electron chi connectivity index (χ2n) is 20.5. The van der Waals surface area contributed by atoms with Crippen LogP contribution in [0, 0.1) is 22.7 Å². The quantitative estimate of drug-likeness (QED) is 0.0370. The van der Waals surface area contributed by atoms with Gasteiger partial charge < -0.3 is 35.0 Å². The molecule has 8 rings (SSSR count). The average molecular weight is 1210 g/mol. The van der Waals surface area contributed by atoms with Crippen LogP contribution in [-0.4, -0.2) is 102 Å². The lowest BCUT2D eigenvalue weighted by Crippen LogP contribution is -2.50. The molecular weight excluding hydrogens is 1150 g/mol. The Bertz CT molecular complexity index is 3830. The predicted molar refractivity (Wildman–Crippen MR) is 312 cm³/mol. The number of halogens is 6. The predicted octanol–water partition coefficient (Wildman–Crippen LogP) is 11.1. The van der Waals surface area contributed by atoms with Gasteiger partial charge in [0.15, 0.2) is 6.04 Å². The second kappa shape index (κ2) is 27.4. The summed E-state index contributed by atoms with van der Waals surface area (Å²) in [5.41, 5.74) is 0.588. The van der Waals surface area contributed by atoms with Crippen molar-refractivity contribution in [1.29, 1.82) is 10.5 Å². The van der Waals surface area contributed by atoms with Crippen LogP contribution in [0.1, 0.15) is 105 Å². The molecule has 2 unspecified atom stereocenters. The molecule has 2 aliphatic heterocycles. The molecule has 0 radical (unpaired) electrons. The van der Waals surface area contributed by atoms with Gasteiger partial charge in [-0.1, -0.05) is 60.7 Å². The molecule has 3 N–H and O–H groups in total. The molecule has 0 saturated carbocycles. The summed E-state index contributed by atoms with van der Waals surface area (Å²) in [5, 5.41) is 37.0. The topological polar surface area (TPSA) is 212 Å². The summed E-state index contributed by atoms with van der Waals surface area (Å²) in [6, 6.07) is 34.1. The Morgan fingerprint density at radius 2 is 1.08 bits per heavy atom. The van der Waals surface area contributed by atoms with E-state index in [9.17, 15) is 65.9 Å². The van der Waals surface area contributed by atoms with Gasteiger partial charge in [0, 0.05) is 55.1 Å². The number of allylic oxidation sites excluding steroid dienone is 2. The standard InChI is InChI=1S/C65H59F6N9O8/c1-6-87-60(83)54-40(3)79(52-18-10-16-50(34-52)64(66,67)68)62(85)77(56(54)46-24-20-42(36-72)21-25-46)38-44-12-8-14-48(32-44)58(81)74-28-30-76(5)31-29-75-59(82)49-15-9-13-45(33-49)39-78-57(47-26-22-43(37-73)23-27-47)55(61(84)88-7-2)41(4)80(63(78)86)53-19-11-17-51(35-53)65(69,70)71/h8-27,32-35,56-57H,6-7,28-31,38-39H2,1-5H3,(H2,74,75,81,82)/p+1. The van der Waals surface area contributed by atoms with Gasteiger partial charge in [0.1, 0.15) is 23.5 Å². The molecule has 4 amide bonds. The maximum Gasteiger partial charge on any atom is 0.455 e. The maximum absolute atomic E-state index is 14.8. The van der Waals surface area contributed by atoms with Gasteiger partial charge in [-0.15, -0.1) is 0 Å². The number of ether oxygens (including phenoxy) is 2. The third-order valence-electron chi connectivity index (χ3n) is 14.7. The summed E-state index contributed by atoms with van der Waals surface area (Å²) < 4.78 is 96.5. The zero-order valence-electron chi connectivity index (χ0n) is 48.4. The van der Waals surface area contributed by atoms with Crippen LogP contribution in [0.25, 0.3) is 0 Å². The summed E-state index contributed by atoms with van der Waals surface area (Å²) >= 11 is 0. The molecule has 0 saturated heterocycles. The Balaban J connectivity index is 0.944. The van der Waals surface area contributed by atoms with Crippen molar-refractivity contribution in [3.63, 3.8) is 0 Å². The van der Waals surface area contributed by atoms with E-state index in [1.807, 2.05) is 17.0 Å². The Hall–Kier alpha value is -10.3. The minimum absolute atomic E-state index is 0.00342. The molecule has 0 bridgehead atoms. The van der Waals surface area contributed by atoms with Crippen molar-refractivity contribution in [2.24, 2.45) is 0 Å². The number of aliphatic hydroxyl groups is 1. The number of nitrogens with zero attached hydrogens (tertiary/aromatic N) is 7. The van der Waals surface area contributed by atoms with Crippen molar-refractivity contribution in [3.8, 4) is 12.1 Å². The molecule has 6 aromatic carbocycles. The van der Waals surface area contributed by atoms with Crippen molar-refractivity contribution in [2.75, 3.05) is 56.2 Å². The van der Waals surface area contributed by atoms with E-state index < -0.39 is 71.4 Å². The highest BCUT2D eigenvalue weighted by atomic mass is 19.4. The molecule has 88 heavy (non-hydrogen) atoms. The third kappa shape index (κ3) is 14.3. The lowest BCUT2D eigenvalue weighted by Gasteiger charge is -2.43. The minimum Gasteiger partial charge on any atom is -0.463 e. The molecule has 0 fully saturated rings. The van der Waals surface area contributed by atoms with Crippen LogP contribution in [0.2, 0.25) is 0 Å². The first-order chi connectivity index (χ1) is 42.0. The Morgan fingerprint density at radius 3 is 1.58 bits per heavy atom. The SMILES string of the molecule is CCOC(=O)C1=C(C)N(c2cccc(C(F)(F)F)c2)C(=O)N(Cc2cccc(C(=O)NCCN(C)CCNC(=O)c3cccc(C[N+]4=C(O)N(c5cccc(C(F)(F)F)c5)C(C)=C(C(=O)OCC)C4c4ccc(C#N)cc4)c3)c2)C1c1ccc(C#N)cc1. The number of carbonyl (C=O) groups excluding carboxylic acids is 5. The zero-order valence-corrected chi connectivity index (χ0v) is 48.4. The number of urea groups is 1. The largest absolute Gasteiger partial charge is 0.463 e. The van der Waals surface area contributed by atoms with Gasteiger partial charge in [-0.05, 0) is 136 Å². The van der Waals surface area contributed by atoms with E-state index in [1.165, 1.54) is 65.8 Å². The fourth-order valence-electron chi connectivity index (χ4n) is 10.5. The van der Waals surface area contributed by atoms with Crippen molar-refractivity contribution in [1.82, 2.24) is 20.4 Å². The van der Waals surface area contributed by atoms with Gasteiger partial charge >= 0.3 is 36.3 Å². The molecule has 2 atom stereocenters. The smallest absolute Gasteiger partial charge is 0.455 e. The van der Waals surface area contributed by atoms with Crippen molar-refractivity contribution in [2.45, 2.75) is 65.2 Å². The van der Waals surface area contributed by atoms with E-state index in [-0.39, 0.29) is 84.4 Å². The third-order valence-corrected chi connectivity index (χ3v) is 14.7. The van der Waals surface area contributed by atoms with Crippen LogP contribution < -0.4 is 20.4 Å². The number of rotatable bonds is 20. The number of esters is 2. The summed E-state index contributed by atoms with van der Waals surface area (Å²) in [7, 11) is 1.78. The van der Waals surface area contributed by atoms with Gasteiger partial charge in [-0.3, -0.25) is 14.5 Å². The monoisotopic (exact) mass is 1210 g/mol. The molecule has 23 heteroatoms. The number of hydrogen-bond acceptors (Lipinski definition) is 11. The van der Waals surface area contributed by atoms with Gasteiger partial charge in [0.2, 0.25) is 0 Å². The zero-order chi connectivity index (χ0) is 63.6. The van der Waals surface area contributed by atoms with Crippen LogP contribution >= 0.6 is 0 Å². The summed E-state index contributed by atoms with van der Waals surface area (Å²) in [6.07, 6.45) is -9.49. The number of nitriles is 2. The van der Waals surface area contributed by atoms with E-state index in [2.05, 4.69) is 10.6 Å². The number of aliphatic hydroxyl groups excluding tert-OH is 1. The number of alkyl halides is 6. The molecule has 454 valence electrons. The number of anilines is 2. The number of amidine groups is 1. The molecule has 17 nitrogen and oxygen atoms in total.